The lowest BCUT2D eigenvalue weighted by Crippen LogP contribution is -2.36. The minimum atomic E-state index is 0.643. The SMILES string of the molecule is Cc1ccc(-n2nc(CN3CCCCC3C)cc2N)cc1. The summed E-state index contributed by atoms with van der Waals surface area (Å²) in [5.41, 5.74) is 9.46. The molecular weight excluding hydrogens is 260 g/mol. The molecule has 1 atom stereocenters. The van der Waals surface area contributed by atoms with E-state index in [2.05, 4.69) is 48.1 Å². The van der Waals surface area contributed by atoms with Gasteiger partial charge in [-0.15, -0.1) is 0 Å². The van der Waals surface area contributed by atoms with Gasteiger partial charge in [0.2, 0.25) is 0 Å². The first-order chi connectivity index (χ1) is 10.1. The van der Waals surface area contributed by atoms with E-state index in [0.29, 0.717) is 11.9 Å². The van der Waals surface area contributed by atoms with Crippen molar-refractivity contribution in [3.63, 3.8) is 0 Å². The van der Waals surface area contributed by atoms with Crippen molar-refractivity contribution in [1.82, 2.24) is 14.7 Å². The third-order valence-electron chi connectivity index (χ3n) is 4.37. The number of hydrogen-bond donors (Lipinski definition) is 1. The van der Waals surface area contributed by atoms with E-state index in [9.17, 15) is 0 Å². The van der Waals surface area contributed by atoms with E-state index in [4.69, 9.17) is 5.73 Å². The Labute approximate surface area is 126 Å². The van der Waals surface area contributed by atoms with Crippen LogP contribution in [0.25, 0.3) is 5.69 Å². The third kappa shape index (κ3) is 3.10. The van der Waals surface area contributed by atoms with E-state index in [0.717, 1.165) is 17.9 Å². The van der Waals surface area contributed by atoms with E-state index in [1.807, 2.05) is 10.7 Å². The summed E-state index contributed by atoms with van der Waals surface area (Å²) in [5, 5.41) is 4.69. The lowest BCUT2D eigenvalue weighted by molar-refractivity contribution is 0.150. The molecule has 21 heavy (non-hydrogen) atoms. The minimum Gasteiger partial charge on any atom is -0.384 e. The molecule has 4 heteroatoms. The predicted octanol–water partition coefficient (Wildman–Crippen LogP) is 3.14. The van der Waals surface area contributed by atoms with Gasteiger partial charge in [0, 0.05) is 18.7 Å². The van der Waals surface area contributed by atoms with Crippen molar-refractivity contribution in [3.8, 4) is 5.69 Å². The molecule has 1 unspecified atom stereocenters. The largest absolute Gasteiger partial charge is 0.384 e. The normalized spacial score (nSPS) is 19.8. The van der Waals surface area contributed by atoms with Gasteiger partial charge in [-0.3, -0.25) is 4.90 Å². The summed E-state index contributed by atoms with van der Waals surface area (Å²) in [5.74, 6) is 0.707. The summed E-state index contributed by atoms with van der Waals surface area (Å²) in [6.45, 7) is 6.45. The number of hydrogen-bond acceptors (Lipinski definition) is 3. The zero-order chi connectivity index (χ0) is 14.8. The van der Waals surface area contributed by atoms with Crippen molar-refractivity contribution in [2.75, 3.05) is 12.3 Å². The highest BCUT2D eigenvalue weighted by molar-refractivity contribution is 5.43. The molecule has 2 aromatic rings. The molecular formula is C17H24N4. The Bertz CT molecular complexity index is 600. The fraction of sp³-hybridized carbons (Fsp3) is 0.471. The number of rotatable bonds is 3. The number of nitrogen functional groups attached to an aromatic ring is 1. The van der Waals surface area contributed by atoms with Gasteiger partial charge in [-0.25, -0.2) is 4.68 Å². The molecule has 1 aromatic carbocycles. The van der Waals surface area contributed by atoms with E-state index >= 15 is 0 Å². The molecule has 0 amide bonds. The Morgan fingerprint density at radius 2 is 2.00 bits per heavy atom. The summed E-state index contributed by atoms with van der Waals surface area (Å²) >= 11 is 0. The molecule has 1 fully saturated rings. The quantitative estimate of drug-likeness (QED) is 0.942. The van der Waals surface area contributed by atoms with Crippen molar-refractivity contribution in [3.05, 3.63) is 41.6 Å². The van der Waals surface area contributed by atoms with E-state index in [1.54, 1.807) is 0 Å². The molecule has 0 saturated carbocycles. The van der Waals surface area contributed by atoms with Crippen LogP contribution in [0, 0.1) is 6.92 Å². The van der Waals surface area contributed by atoms with Gasteiger partial charge in [-0.1, -0.05) is 24.1 Å². The molecule has 0 bridgehead atoms. The summed E-state index contributed by atoms with van der Waals surface area (Å²) in [6.07, 6.45) is 3.92. The maximum Gasteiger partial charge on any atom is 0.127 e. The number of anilines is 1. The van der Waals surface area contributed by atoms with Crippen LogP contribution in [0.1, 0.15) is 37.4 Å². The van der Waals surface area contributed by atoms with Crippen LogP contribution < -0.4 is 5.73 Å². The predicted molar refractivity (Wildman–Crippen MR) is 86.4 cm³/mol. The zero-order valence-corrected chi connectivity index (χ0v) is 12.9. The molecule has 0 aliphatic carbocycles. The summed E-state index contributed by atoms with van der Waals surface area (Å²) < 4.78 is 1.84. The topological polar surface area (TPSA) is 47.1 Å². The Morgan fingerprint density at radius 3 is 2.71 bits per heavy atom. The van der Waals surface area contributed by atoms with E-state index < -0.39 is 0 Å². The highest BCUT2D eigenvalue weighted by atomic mass is 15.3. The van der Waals surface area contributed by atoms with Crippen LogP contribution in [-0.2, 0) is 6.54 Å². The Kier molecular flexibility index (Phi) is 3.97. The molecule has 3 rings (SSSR count). The average molecular weight is 284 g/mol. The Hall–Kier alpha value is -1.81. The standard InChI is InChI=1S/C17H24N4/c1-13-6-8-16(9-7-13)21-17(18)11-15(19-21)12-20-10-4-3-5-14(20)2/h6-9,11,14H,3-5,10,12,18H2,1-2H3. The number of likely N-dealkylation sites (tertiary alicyclic amines) is 1. The van der Waals surface area contributed by atoms with Crippen molar-refractivity contribution in [2.24, 2.45) is 0 Å². The van der Waals surface area contributed by atoms with Crippen molar-refractivity contribution < 1.29 is 0 Å². The van der Waals surface area contributed by atoms with Gasteiger partial charge in [0.05, 0.1) is 11.4 Å². The summed E-state index contributed by atoms with van der Waals surface area (Å²) in [4.78, 5) is 2.50. The molecule has 0 spiro atoms. The first kappa shape index (κ1) is 14.1. The summed E-state index contributed by atoms with van der Waals surface area (Å²) in [6, 6.07) is 10.9. The number of nitrogens with zero attached hydrogens (tertiary/aromatic N) is 3. The number of benzene rings is 1. The smallest absolute Gasteiger partial charge is 0.127 e. The zero-order valence-electron chi connectivity index (χ0n) is 12.9. The molecule has 1 aliphatic heterocycles. The second-order valence-corrected chi connectivity index (χ2v) is 6.12. The van der Waals surface area contributed by atoms with Crippen molar-refractivity contribution in [2.45, 2.75) is 45.7 Å². The van der Waals surface area contributed by atoms with Crippen LogP contribution in [0.4, 0.5) is 5.82 Å². The first-order valence-electron chi connectivity index (χ1n) is 7.79. The maximum absolute atomic E-state index is 6.13. The van der Waals surface area contributed by atoms with Crippen LogP contribution >= 0.6 is 0 Å². The van der Waals surface area contributed by atoms with E-state index in [1.165, 1.54) is 31.4 Å². The first-order valence-corrected chi connectivity index (χ1v) is 7.79. The second-order valence-electron chi connectivity index (χ2n) is 6.12. The molecule has 2 heterocycles. The third-order valence-corrected chi connectivity index (χ3v) is 4.37. The molecule has 1 saturated heterocycles. The van der Waals surface area contributed by atoms with Gasteiger partial charge >= 0.3 is 0 Å². The number of piperidine rings is 1. The van der Waals surface area contributed by atoms with Crippen LogP contribution in [0.15, 0.2) is 30.3 Å². The molecule has 2 N–H and O–H groups in total. The molecule has 1 aromatic heterocycles. The number of aryl methyl sites for hydroxylation is 1. The monoisotopic (exact) mass is 284 g/mol. The van der Waals surface area contributed by atoms with Gasteiger partial charge < -0.3 is 5.73 Å². The Balaban J connectivity index is 1.79. The minimum absolute atomic E-state index is 0.643. The van der Waals surface area contributed by atoms with Crippen LogP contribution in [0.3, 0.4) is 0 Å². The van der Waals surface area contributed by atoms with Crippen molar-refractivity contribution in [1.29, 1.82) is 0 Å². The van der Waals surface area contributed by atoms with Crippen molar-refractivity contribution >= 4 is 5.82 Å². The second kappa shape index (κ2) is 5.90. The average Bonchev–Trinajstić information content (AvgIpc) is 2.83. The van der Waals surface area contributed by atoms with Crippen LogP contribution in [-0.4, -0.2) is 27.3 Å². The fourth-order valence-electron chi connectivity index (χ4n) is 3.02. The van der Waals surface area contributed by atoms with Gasteiger partial charge in [0.15, 0.2) is 0 Å². The van der Waals surface area contributed by atoms with Crippen LogP contribution in [0.5, 0.6) is 0 Å². The lowest BCUT2D eigenvalue weighted by Gasteiger charge is -2.32. The highest BCUT2D eigenvalue weighted by Crippen LogP contribution is 2.21. The molecule has 0 radical (unpaired) electrons. The van der Waals surface area contributed by atoms with Gasteiger partial charge in [-0.05, 0) is 45.4 Å². The van der Waals surface area contributed by atoms with Gasteiger partial charge in [0.1, 0.15) is 5.82 Å². The highest BCUT2D eigenvalue weighted by Gasteiger charge is 2.19. The molecule has 4 nitrogen and oxygen atoms in total. The Morgan fingerprint density at radius 1 is 1.24 bits per heavy atom. The van der Waals surface area contributed by atoms with Gasteiger partial charge in [-0.2, -0.15) is 5.10 Å². The van der Waals surface area contributed by atoms with E-state index in [-0.39, 0.29) is 0 Å². The number of nitrogens with two attached hydrogens (primary N) is 1. The van der Waals surface area contributed by atoms with Crippen LogP contribution in [0.2, 0.25) is 0 Å². The number of aromatic nitrogens is 2. The summed E-state index contributed by atoms with van der Waals surface area (Å²) in [7, 11) is 0. The molecule has 1 aliphatic rings. The maximum atomic E-state index is 6.13. The lowest BCUT2D eigenvalue weighted by atomic mass is 10.0. The van der Waals surface area contributed by atoms with Gasteiger partial charge in [0.25, 0.3) is 0 Å². The fourth-order valence-corrected chi connectivity index (χ4v) is 3.02. The molecule has 112 valence electrons.